The third-order valence-corrected chi connectivity index (χ3v) is 4.58. The molecular formula is C15H12BrClINO. The molecule has 1 amide bonds. The highest BCUT2D eigenvalue weighted by Gasteiger charge is 2.14. The molecule has 0 atom stereocenters. The number of hydrogen-bond donors (Lipinski definition) is 1. The first-order valence-electron chi connectivity index (χ1n) is 5.91. The molecule has 2 nitrogen and oxygen atoms in total. The van der Waals surface area contributed by atoms with Gasteiger partial charge >= 0.3 is 0 Å². The summed E-state index contributed by atoms with van der Waals surface area (Å²) in [5, 5.41) is 3.45. The van der Waals surface area contributed by atoms with Crippen molar-refractivity contribution in [3.8, 4) is 0 Å². The Balaban J connectivity index is 2.35. The zero-order valence-electron chi connectivity index (χ0n) is 10.9. The molecule has 0 bridgehead atoms. The molecule has 0 saturated heterocycles. The van der Waals surface area contributed by atoms with E-state index in [0.717, 1.165) is 19.2 Å². The number of amides is 1. The van der Waals surface area contributed by atoms with Crippen molar-refractivity contribution in [1.29, 1.82) is 0 Å². The fraction of sp³-hybridized carbons (Fsp3) is 0.133. The van der Waals surface area contributed by atoms with Crippen LogP contribution >= 0.6 is 50.1 Å². The summed E-state index contributed by atoms with van der Waals surface area (Å²) < 4.78 is 1.76. The molecule has 0 unspecified atom stereocenters. The molecule has 0 aliphatic carbocycles. The van der Waals surface area contributed by atoms with Crippen LogP contribution in [0.15, 0.2) is 34.8 Å². The van der Waals surface area contributed by atoms with Crippen molar-refractivity contribution >= 4 is 61.7 Å². The first-order chi connectivity index (χ1) is 9.38. The van der Waals surface area contributed by atoms with Gasteiger partial charge in [-0.05, 0) is 71.8 Å². The number of benzene rings is 2. The monoisotopic (exact) mass is 463 g/mol. The summed E-state index contributed by atoms with van der Waals surface area (Å²) in [6, 6.07) is 9.43. The van der Waals surface area contributed by atoms with Gasteiger partial charge in [-0.25, -0.2) is 0 Å². The van der Waals surface area contributed by atoms with Gasteiger partial charge in [0, 0.05) is 8.04 Å². The number of anilines is 1. The molecule has 104 valence electrons. The minimum Gasteiger partial charge on any atom is -0.320 e. The average molecular weight is 465 g/mol. The predicted molar refractivity (Wildman–Crippen MR) is 95.7 cm³/mol. The zero-order chi connectivity index (χ0) is 14.9. The van der Waals surface area contributed by atoms with Crippen molar-refractivity contribution < 1.29 is 4.79 Å². The van der Waals surface area contributed by atoms with Crippen LogP contribution in [0.5, 0.6) is 0 Å². The van der Waals surface area contributed by atoms with Gasteiger partial charge in [-0.1, -0.05) is 33.6 Å². The van der Waals surface area contributed by atoms with Gasteiger partial charge in [-0.2, -0.15) is 0 Å². The minimum absolute atomic E-state index is 0.162. The van der Waals surface area contributed by atoms with Gasteiger partial charge in [-0.3, -0.25) is 4.79 Å². The van der Waals surface area contributed by atoms with Crippen LogP contribution in [0.1, 0.15) is 21.5 Å². The lowest BCUT2D eigenvalue weighted by Gasteiger charge is -2.12. The Morgan fingerprint density at radius 3 is 2.60 bits per heavy atom. The maximum Gasteiger partial charge on any atom is 0.256 e. The fourth-order valence-electron chi connectivity index (χ4n) is 1.93. The molecule has 0 saturated carbocycles. The molecule has 0 radical (unpaired) electrons. The number of halogens is 3. The molecule has 2 aromatic carbocycles. The summed E-state index contributed by atoms with van der Waals surface area (Å²) in [6.45, 7) is 3.90. The summed E-state index contributed by atoms with van der Waals surface area (Å²) >= 11 is 11.7. The van der Waals surface area contributed by atoms with Gasteiger partial charge in [0.25, 0.3) is 5.91 Å². The Labute approximate surface area is 145 Å². The first-order valence-corrected chi connectivity index (χ1v) is 8.16. The number of carbonyl (C=O) groups excluding carboxylic acids is 1. The summed E-state index contributed by atoms with van der Waals surface area (Å²) in [5.74, 6) is -0.162. The van der Waals surface area contributed by atoms with E-state index in [1.807, 2.05) is 38.1 Å². The van der Waals surface area contributed by atoms with E-state index >= 15 is 0 Å². The van der Waals surface area contributed by atoms with Gasteiger partial charge in [0.05, 0.1) is 16.3 Å². The van der Waals surface area contributed by atoms with E-state index in [9.17, 15) is 4.79 Å². The van der Waals surface area contributed by atoms with Gasteiger partial charge in [0.2, 0.25) is 0 Å². The van der Waals surface area contributed by atoms with E-state index in [1.54, 1.807) is 6.07 Å². The Kier molecular flexibility index (Phi) is 5.09. The third-order valence-electron chi connectivity index (χ3n) is 2.84. The quantitative estimate of drug-likeness (QED) is 0.578. The molecule has 1 N–H and O–H groups in total. The van der Waals surface area contributed by atoms with Crippen molar-refractivity contribution in [3.05, 3.63) is 60.1 Å². The van der Waals surface area contributed by atoms with Gasteiger partial charge in [-0.15, -0.1) is 0 Å². The van der Waals surface area contributed by atoms with E-state index in [0.29, 0.717) is 16.3 Å². The number of rotatable bonds is 2. The fourth-order valence-corrected chi connectivity index (χ4v) is 3.24. The second-order valence-electron chi connectivity index (χ2n) is 4.52. The lowest BCUT2D eigenvalue weighted by molar-refractivity contribution is 0.102. The van der Waals surface area contributed by atoms with Crippen molar-refractivity contribution in [1.82, 2.24) is 0 Å². The lowest BCUT2D eigenvalue weighted by Crippen LogP contribution is -2.14. The van der Waals surface area contributed by atoms with E-state index in [-0.39, 0.29) is 5.91 Å². The Hall–Kier alpha value is -0.590. The predicted octanol–water partition coefficient (Wildman–Crippen LogP) is 5.58. The molecule has 0 aliphatic rings. The van der Waals surface area contributed by atoms with Crippen molar-refractivity contribution in [2.75, 3.05) is 5.32 Å². The first kappa shape index (κ1) is 15.8. The van der Waals surface area contributed by atoms with Gasteiger partial charge < -0.3 is 5.32 Å². The van der Waals surface area contributed by atoms with Crippen molar-refractivity contribution in [2.45, 2.75) is 13.8 Å². The molecular weight excluding hydrogens is 452 g/mol. The number of aryl methyl sites for hydroxylation is 2. The van der Waals surface area contributed by atoms with E-state index < -0.39 is 0 Å². The van der Waals surface area contributed by atoms with E-state index in [4.69, 9.17) is 11.6 Å². The molecule has 5 heteroatoms. The van der Waals surface area contributed by atoms with Crippen molar-refractivity contribution in [3.63, 3.8) is 0 Å². The highest BCUT2D eigenvalue weighted by molar-refractivity contribution is 14.1. The number of carbonyl (C=O) groups is 1. The maximum atomic E-state index is 12.4. The summed E-state index contributed by atoms with van der Waals surface area (Å²) in [5.41, 5.74) is 3.31. The summed E-state index contributed by atoms with van der Waals surface area (Å²) in [6.07, 6.45) is 0. The topological polar surface area (TPSA) is 29.1 Å². The van der Waals surface area contributed by atoms with Crippen LogP contribution in [0.4, 0.5) is 5.69 Å². The molecule has 20 heavy (non-hydrogen) atoms. The maximum absolute atomic E-state index is 12.4. The standard InChI is InChI=1S/C15H12BrClINO/c1-8-5-9(2)14(12(17)6-8)19-15(20)11-7-10(16)3-4-13(11)18/h3-7H,1-2H3,(H,19,20). The summed E-state index contributed by atoms with van der Waals surface area (Å²) in [7, 11) is 0. The largest absolute Gasteiger partial charge is 0.320 e. The van der Waals surface area contributed by atoms with Crippen LogP contribution in [0.2, 0.25) is 5.02 Å². The average Bonchev–Trinajstić information content (AvgIpc) is 2.36. The normalized spacial score (nSPS) is 10.4. The number of hydrogen-bond acceptors (Lipinski definition) is 1. The lowest BCUT2D eigenvalue weighted by atomic mass is 10.1. The van der Waals surface area contributed by atoms with Gasteiger partial charge in [0.1, 0.15) is 0 Å². The Morgan fingerprint density at radius 2 is 1.95 bits per heavy atom. The molecule has 0 spiro atoms. The molecule has 2 aromatic rings. The highest BCUT2D eigenvalue weighted by atomic mass is 127. The summed E-state index contributed by atoms with van der Waals surface area (Å²) in [4.78, 5) is 12.4. The zero-order valence-corrected chi connectivity index (χ0v) is 15.4. The van der Waals surface area contributed by atoms with Crippen molar-refractivity contribution in [2.24, 2.45) is 0 Å². The second kappa shape index (κ2) is 6.45. The number of nitrogens with one attached hydrogen (secondary N) is 1. The van der Waals surface area contributed by atoms with Crippen LogP contribution in [-0.4, -0.2) is 5.91 Å². The van der Waals surface area contributed by atoms with Gasteiger partial charge in [0.15, 0.2) is 0 Å². The molecule has 0 aromatic heterocycles. The van der Waals surface area contributed by atoms with Crippen LogP contribution < -0.4 is 5.32 Å². The van der Waals surface area contributed by atoms with Crippen LogP contribution in [0.3, 0.4) is 0 Å². The third kappa shape index (κ3) is 3.54. The molecule has 0 fully saturated rings. The molecule has 0 heterocycles. The smallest absolute Gasteiger partial charge is 0.256 e. The molecule has 0 aliphatic heterocycles. The second-order valence-corrected chi connectivity index (χ2v) is 7.00. The Morgan fingerprint density at radius 1 is 1.25 bits per heavy atom. The highest BCUT2D eigenvalue weighted by Crippen LogP contribution is 2.28. The SMILES string of the molecule is Cc1cc(C)c(NC(=O)c2cc(Br)ccc2I)c(Cl)c1. The van der Waals surface area contributed by atoms with E-state index in [2.05, 4.69) is 43.8 Å². The Bertz CT molecular complexity index is 665. The van der Waals surface area contributed by atoms with E-state index in [1.165, 1.54) is 0 Å². The van der Waals surface area contributed by atoms with Crippen LogP contribution in [0.25, 0.3) is 0 Å². The van der Waals surface area contributed by atoms with Crippen LogP contribution in [-0.2, 0) is 0 Å². The van der Waals surface area contributed by atoms with Crippen LogP contribution in [0, 0.1) is 17.4 Å². The minimum atomic E-state index is -0.162. The molecule has 2 rings (SSSR count).